The SMILES string of the molecule is CNC(c1ccc(F)c(C)c1)c1cc(C)c(C)cc1Cl. The molecule has 0 radical (unpaired) electrons. The van der Waals surface area contributed by atoms with Crippen molar-refractivity contribution in [2.24, 2.45) is 0 Å². The Balaban J connectivity index is 2.52. The van der Waals surface area contributed by atoms with E-state index in [1.54, 1.807) is 13.0 Å². The van der Waals surface area contributed by atoms with Crippen LogP contribution in [0, 0.1) is 26.6 Å². The van der Waals surface area contributed by atoms with E-state index in [0.717, 1.165) is 16.1 Å². The van der Waals surface area contributed by atoms with Gasteiger partial charge in [0.05, 0.1) is 6.04 Å². The molecule has 0 aliphatic rings. The van der Waals surface area contributed by atoms with E-state index in [2.05, 4.69) is 18.3 Å². The van der Waals surface area contributed by atoms with E-state index < -0.39 is 0 Å². The van der Waals surface area contributed by atoms with Crippen LogP contribution in [0.4, 0.5) is 4.39 Å². The Morgan fingerprint density at radius 2 is 1.65 bits per heavy atom. The zero-order valence-corrected chi connectivity index (χ0v) is 13.0. The maximum absolute atomic E-state index is 13.4. The first-order valence-corrected chi connectivity index (χ1v) is 7.01. The summed E-state index contributed by atoms with van der Waals surface area (Å²) in [7, 11) is 1.88. The molecule has 0 aromatic heterocycles. The third kappa shape index (κ3) is 2.87. The van der Waals surface area contributed by atoms with Crippen molar-refractivity contribution in [1.82, 2.24) is 5.32 Å². The van der Waals surface area contributed by atoms with Crippen LogP contribution in [0.5, 0.6) is 0 Å². The van der Waals surface area contributed by atoms with Gasteiger partial charge in [-0.2, -0.15) is 0 Å². The highest BCUT2D eigenvalue weighted by atomic mass is 35.5. The van der Waals surface area contributed by atoms with E-state index in [4.69, 9.17) is 11.6 Å². The summed E-state index contributed by atoms with van der Waals surface area (Å²) in [6, 6.07) is 9.20. The minimum absolute atomic E-state index is 0.0406. The molecule has 0 saturated heterocycles. The summed E-state index contributed by atoms with van der Waals surface area (Å²) in [5, 5.41) is 3.99. The molecule has 0 heterocycles. The average Bonchev–Trinajstić information content (AvgIpc) is 2.40. The molecule has 2 rings (SSSR count). The topological polar surface area (TPSA) is 12.0 Å². The minimum Gasteiger partial charge on any atom is -0.309 e. The van der Waals surface area contributed by atoms with Crippen molar-refractivity contribution in [1.29, 1.82) is 0 Å². The predicted octanol–water partition coefficient (Wildman–Crippen LogP) is 4.71. The molecule has 2 aromatic rings. The van der Waals surface area contributed by atoms with Crippen LogP contribution in [-0.2, 0) is 0 Å². The van der Waals surface area contributed by atoms with Crippen LogP contribution < -0.4 is 5.32 Å². The second-order valence-electron chi connectivity index (χ2n) is 5.19. The van der Waals surface area contributed by atoms with Gasteiger partial charge in [0.25, 0.3) is 0 Å². The lowest BCUT2D eigenvalue weighted by atomic mass is 9.94. The second kappa shape index (κ2) is 5.94. The number of rotatable bonds is 3. The zero-order valence-electron chi connectivity index (χ0n) is 12.2. The maximum Gasteiger partial charge on any atom is 0.126 e. The molecule has 0 aliphatic carbocycles. The van der Waals surface area contributed by atoms with Gasteiger partial charge in [0, 0.05) is 5.02 Å². The van der Waals surface area contributed by atoms with E-state index in [0.29, 0.717) is 5.56 Å². The lowest BCUT2D eigenvalue weighted by molar-refractivity contribution is 0.614. The fourth-order valence-electron chi connectivity index (χ4n) is 2.37. The Hall–Kier alpha value is -1.38. The van der Waals surface area contributed by atoms with Gasteiger partial charge in [-0.1, -0.05) is 29.8 Å². The lowest BCUT2D eigenvalue weighted by Gasteiger charge is -2.20. The first-order valence-electron chi connectivity index (χ1n) is 6.64. The fraction of sp³-hybridized carbons (Fsp3) is 0.294. The molecule has 1 nitrogen and oxygen atoms in total. The van der Waals surface area contributed by atoms with Crippen molar-refractivity contribution < 1.29 is 4.39 Å². The summed E-state index contributed by atoms with van der Waals surface area (Å²) < 4.78 is 13.4. The van der Waals surface area contributed by atoms with Gasteiger partial charge in [0.15, 0.2) is 0 Å². The summed E-state index contributed by atoms with van der Waals surface area (Å²) in [6.07, 6.45) is 0. The number of halogens is 2. The Morgan fingerprint density at radius 1 is 1.00 bits per heavy atom. The summed E-state index contributed by atoms with van der Waals surface area (Å²) in [6.45, 7) is 5.88. The molecular formula is C17H19ClFN. The summed E-state index contributed by atoms with van der Waals surface area (Å²) >= 11 is 6.38. The Labute approximate surface area is 124 Å². The first kappa shape index (κ1) is 15.0. The highest BCUT2D eigenvalue weighted by Crippen LogP contribution is 2.31. The Kier molecular flexibility index (Phi) is 4.46. The highest BCUT2D eigenvalue weighted by molar-refractivity contribution is 6.31. The molecule has 0 fully saturated rings. The predicted molar refractivity (Wildman–Crippen MR) is 83.0 cm³/mol. The molecule has 0 bridgehead atoms. The van der Waals surface area contributed by atoms with E-state index >= 15 is 0 Å². The number of benzene rings is 2. The van der Waals surface area contributed by atoms with Crippen LogP contribution >= 0.6 is 11.6 Å². The van der Waals surface area contributed by atoms with Gasteiger partial charge in [0.2, 0.25) is 0 Å². The van der Waals surface area contributed by atoms with Crippen molar-refractivity contribution in [3.05, 3.63) is 69.0 Å². The number of hydrogen-bond acceptors (Lipinski definition) is 1. The maximum atomic E-state index is 13.4. The van der Waals surface area contributed by atoms with E-state index in [1.807, 2.05) is 26.1 Å². The van der Waals surface area contributed by atoms with Gasteiger partial charge in [-0.25, -0.2) is 4.39 Å². The minimum atomic E-state index is -0.185. The number of hydrogen-bond donors (Lipinski definition) is 1. The fourth-order valence-corrected chi connectivity index (χ4v) is 2.70. The molecular weight excluding hydrogens is 273 g/mol. The zero-order chi connectivity index (χ0) is 14.9. The van der Waals surface area contributed by atoms with Crippen molar-refractivity contribution in [2.45, 2.75) is 26.8 Å². The van der Waals surface area contributed by atoms with Crippen molar-refractivity contribution in [2.75, 3.05) is 7.05 Å². The van der Waals surface area contributed by atoms with Gasteiger partial charge in [-0.3, -0.25) is 0 Å². The summed E-state index contributed by atoms with van der Waals surface area (Å²) in [5.74, 6) is -0.185. The van der Waals surface area contributed by atoms with Crippen LogP contribution in [0.1, 0.15) is 33.9 Å². The van der Waals surface area contributed by atoms with Gasteiger partial charge in [0.1, 0.15) is 5.82 Å². The van der Waals surface area contributed by atoms with Crippen LogP contribution in [0.2, 0.25) is 5.02 Å². The van der Waals surface area contributed by atoms with Crippen LogP contribution in [0.25, 0.3) is 0 Å². The van der Waals surface area contributed by atoms with Crippen molar-refractivity contribution in [3.8, 4) is 0 Å². The smallest absolute Gasteiger partial charge is 0.126 e. The molecule has 2 aromatic carbocycles. The van der Waals surface area contributed by atoms with Crippen molar-refractivity contribution >= 4 is 11.6 Å². The number of nitrogens with one attached hydrogen (secondary N) is 1. The molecule has 106 valence electrons. The molecule has 20 heavy (non-hydrogen) atoms. The molecule has 0 amide bonds. The van der Waals surface area contributed by atoms with E-state index in [1.165, 1.54) is 17.2 Å². The van der Waals surface area contributed by atoms with Gasteiger partial charge in [-0.15, -0.1) is 0 Å². The normalized spacial score (nSPS) is 12.5. The monoisotopic (exact) mass is 291 g/mol. The van der Waals surface area contributed by atoms with Gasteiger partial charge in [-0.05, 0) is 67.8 Å². The summed E-state index contributed by atoms with van der Waals surface area (Å²) in [5.41, 5.74) is 5.04. The Bertz CT molecular complexity index is 637. The average molecular weight is 292 g/mol. The first-order chi connectivity index (χ1) is 9.43. The molecule has 1 atom stereocenters. The third-order valence-electron chi connectivity index (χ3n) is 3.73. The molecule has 1 unspecified atom stereocenters. The van der Waals surface area contributed by atoms with Crippen molar-refractivity contribution in [3.63, 3.8) is 0 Å². The second-order valence-corrected chi connectivity index (χ2v) is 5.60. The Morgan fingerprint density at radius 3 is 2.25 bits per heavy atom. The highest BCUT2D eigenvalue weighted by Gasteiger charge is 2.17. The van der Waals surface area contributed by atoms with Gasteiger partial charge >= 0.3 is 0 Å². The summed E-state index contributed by atoms with van der Waals surface area (Å²) in [4.78, 5) is 0. The molecule has 0 spiro atoms. The molecule has 0 aliphatic heterocycles. The van der Waals surface area contributed by atoms with Crippen LogP contribution in [0.15, 0.2) is 30.3 Å². The largest absolute Gasteiger partial charge is 0.309 e. The van der Waals surface area contributed by atoms with Crippen LogP contribution in [-0.4, -0.2) is 7.05 Å². The van der Waals surface area contributed by atoms with Gasteiger partial charge < -0.3 is 5.32 Å². The van der Waals surface area contributed by atoms with E-state index in [9.17, 15) is 4.39 Å². The standard InChI is InChI=1S/C17H19ClFN/c1-10-8-14(15(18)9-11(10)2)17(20-4)13-5-6-16(19)12(3)7-13/h5-9,17,20H,1-4H3. The third-order valence-corrected chi connectivity index (χ3v) is 4.06. The van der Waals surface area contributed by atoms with E-state index in [-0.39, 0.29) is 11.9 Å². The number of aryl methyl sites for hydroxylation is 3. The molecule has 0 saturated carbocycles. The van der Waals surface area contributed by atoms with Crippen LogP contribution in [0.3, 0.4) is 0 Å². The lowest BCUT2D eigenvalue weighted by Crippen LogP contribution is -2.18. The quantitative estimate of drug-likeness (QED) is 0.863. The molecule has 3 heteroatoms. The molecule has 1 N–H and O–H groups in total.